The van der Waals surface area contributed by atoms with Gasteiger partial charge in [0, 0.05) is 5.39 Å². The molecule has 1 amide bonds. The standard InChI is InChI=1S/C15H13N3O2S/c1-9(13(16)19)21-15-10-5-2-3-6-11(10)17-14(18-15)12-7-4-8-20-12/h2-9H,1H3,(H2,16,19). The molecule has 1 atom stereocenters. The number of fused-ring (bicyclic) bond motifs is 1. The van der Waals surface area contributed by atoms with E-state index in [2.05, 4.69) is 9.97 Å². The zero-order chi connectivity index (χ0) is 14.8. The summed E-state index contributed by atoms with van der Waals surface area (Å²) in [5.74, 6) is 0.717. The van der Waals surface area contributed by atoms with E-state index in [4.69, 9.17) is 10.2 Å². The third-order valence-electron chi connectivity index (χ3n) is 3.00. The Hall–Kier alpha value is -2.34. The van der Waals surface area contributed by atoms with Crippen molar-refractivity contribution < 1.29 is 9.21 Å². The van der Waals surface area contributed by atoms with E-state index in [1.165, 1.54) is 11.8 Å². The summed E-state index contributed by atoms with van der Waals surface area (Å²) in [6.07, 6.45) is 1.58. The molecular weight excluding hydrogens is 286 g/mol. The van der Waals surface area contributed by atoms with Gasteiger partial charge in [0.05, 0.1) is 17.0 Å². The molecule has 0 aliphatic carbocycles. The van der Waals surface area contributed by atoms with Crippen molar-refractivity contribution in [2.24, 2.45) is 5.73 Å². The van der Waals surface area contributed by atoms with Crippen molar-refractivity contribution in [3.05, 3.63) is 42.7 Å². The number of carbonyl (C=O) groups is 1. The van der Waals surface area contributed by atoms with Crippen LogP contribution in [-0.4, -0.2) is 21.1 Å². The zero-order valence-electron chi connectivity index (χ0n) is 11.3. The number of benzene rings is 1. The molecule has 0 saturated carbocycles. The number of primary amides is 1. The molecule has 3 aromatic rings. The lowest BCUT2D eigenvalue weighted by Crippen LogP contribution is -2.22. The van der Waals surface area contributed by atoms with Gasteiger partial charge >= 0.3 is 0 Å². The van der Waals surface area contributed by atoms with Crippen LogP contribution in [0.1, 0.15) is 6.92 Å². The number of furan rings is 1. The molecule has 0 saturated heterocycles. The van der Waals surface area contributed by atoms with E-state index in [9.17, 15) is 4.79 Å². The molecular formula is C15H13N3O2S. The molecule has 0 bridgehead atoms. The molecule has 2 aromatic heterocycles. The van der Waals surface area contributed by atoms with E-state index >= 15 is 0 Å². The van der Waals surface area contributed by atoms with Crippen LogP contribution in [0.2, 0.25) is 0 Å². The number of thioether (sulfide) groups is 1. The summed E-state index contributed by atoms with van der Waals surface area (Å²) in [7, 11) is 0. The van der Waals surface area contributed by atoms with Crippen molar-refractivity contribution in [1.82, 2.24) is 9.97 Å². The van der Waals surface area contributed by atoms with Crippen LogP contribution in [0.15, 0.2) is 52.1 Å². The van der Waals surface area contributed by atoms with Gasteiger partial charge in [-0.1, -0.05) is 30.0 Å². The van der Waals surface area contributed by atoms with Crippen LogP contribution in [0.3, 0.4) is 0 Å². The molecule has 21 heavy (non-hydrogen) atoms. The summed E-state index contributed by atoms with van der Waals surface area (Å²) in [4.78, 5) is 20.3. The number of hydrogen-bond acceptors (Lipinski definition) is 5. The fourth-order valence-corrected chi connectivity index (χ4v) is 2.77. The van der Waals surface area contributed by atoms with Gasteiger partial charge in [-0.3, -0.25) is 4.79 Å². The van der Waals surface area contributed by atoms with Crippen molar-refractivity contribution in [3.8, 4) is 11.6 Å². The van der Waals surface area contributed by atoms with Crippen molar-refractivity contribution in [2.45, 2.75) is 17.2 Å². The van der Waals surface area contributed by atoms with Gasteiger partial charge in [-0.05, 0) is 25.1 Å². The van der Waals surface area contributed by atoms with Gasteiger partial charge < -0.3 is 10.2 Å². The van der Waals surface area contributed by atoms with E-state index in [1.807, 2.05) is 24.3 Å². The van der Waals surface area contributed by atoms with Crippen molar-refractivity contribution in [2.75, 3.05) is 0 Å². The Balaban J connectivity index is 2.14. The van der Waals surface area contributed by atoms with Gasteiger partial charge in [0.1, 0.15) is 5.03 Å². The van der Waals surface area contributed by atoms with E-state index in [0.717, 1.165) is 15.9 Å². The number of carbonyl (C=O) groups excluding carboxylic acids is 1. The number of nitrogens with zero attached hydrogens (tertiary/aromatic N) is 2. The highest BCUT2D eigenvalue weighted by Crippen LogP contribution is 2.30. The Morgan fingerprint density at radius 2 is 2.05 bits per heavy atom. The number of amides is 1. The van der Waals surface area contributed by atoms with E-state index < -0.39 is 0 Å². The minimum atomic E-state index is -0.373. The van der Waals surface area contributed by atoms with Gasteiger partial charge in [0.25, 0.3) is 0 Å². The number of aromatic nitrogens is 2. The maximum atomic E-state index is 11.3. The largest absolute Gasteiger partial charge is 0.461 e. The first-order valence-corrected chi connectivity index (χ1v) is 7.30. The summed E-state index contributed by atoms with van der Waals surface area (Å²) in [5.41, 5.74) is 6.14. The van der Waals surface area contributed by atoms with Gasteiger partial charge in [-0.25, -0.2) is 9.97 Å². The highest BCUT2D eigenvalue weighted by Gasteiger charge is 2.16. The molecule has 0 aliphatic rings. The molecule has 1 unspecified atom stereocenters. The minimum Gasteiger partial charge on any atom is -0.461 e. The normalized spacial score (nSPS) is 12.4. The Kier molecular flexibility index (Phi) is 3.62. The zero-order valence-corrected chi connectivity index (χ0v) is 12.1. The fraction of sp³-hybridized carbons (Fsp3) is 0.133. The third kappa shape index (κ3) is 2.75. The summed E-state index contributed by atoms with van der Waals surface area (Å²) >= 11 is 1.33. The summed E-state index contributed by atoms with van der Waals surface area (Å²) in [5, 5.41) is 1.25. The molecule has 0 aliphatic heterocycles. The number of hydrogen-bond donors (Lipinski definition) is 1. The van der Waals surface area contributed by atoms with Crippen LogP contribution < -0.4 is 5.73 Å². The minimum absolute atomic E-state index is 0.368. The lowest BCUT2D eigenvalue weighted by molar-refractivity contribution is -0.117. The average Bonchev–Trinajstić information content (AvgIpc) is 3.01. The van der Waals surface area contributed by atoms with Gasteiger partial charge in [0.15, 0.2) is 11.6 Å². The topological polar surface area (TPSA) is 82.0 Å². The van der Waals surface area contributed by atoms with Crippen LogP contribution >= 0.6 is 11.8 Å². The quantitative estimate of drug-likeness (QED) is 0.591. The summed E-state index contributed by atoms with van der Waals surface area (Å²) in [6, 6.07) is 11.2. The first-order valence-electron chi connectivity index (χ1n) is 6.42. The second kappa shape index (κ2) is 5.57. The Morgan fingerprint density at radius 1 is 1.24 bits per heavy atom. The molecule has 0 spiro atoms. The summed E-state index contributed by atoms with van der Waals surface area (Å²) in [6.45, 7) is 1.76. The number of nitrogens with two attached hydrogens (primary N) is 1. The number of para-hydroxylation sites is 1. The lowest BCUT2D eigenvalue weighted by Gasteiger charge is -2.10. The fourth-order valence-electron chi connectivity index (χ4n) is 1.88. The van der Waals surface area contributed by atoms with Crippen molar-refractivity contribution >= 4 is 28.6 Å². The Labute approximate surface area is 125 Å². The second-order valence-electron chi connectivity index (χ2n) is 4.51. The molecule has 6 heteroatoms. The van der Waals surface area contributed by atoms with E-state index in [1.54, 1.807) is 25.3 Å². The highest BCUT2D eigenvalue weighted by atomic mass is 32.2. The van der Waals surface area contributed by atoms with Crippen LogP contribution in [0.5, 0.6) is 0 Å². The predicted octanol–water partition coefficient (Wildman–Crippen LogP) is 2.86. The highest BCUT2D eigenvalue weighted by molar-refractivity contribution is 8.00. The van der Waals surface area contributed by atoms with Crippen molar-refractivity contribution in [1.29, 1.82) is 0 Å². The number of rotatable bonds is 4. The average molecular weight is 299 g/mol. The molecule has 106 valence electrons. The Bertz CT molecular complexity index is 787. The monoisotopic (exact) mass is 299 g/mol. The summed E-state index contributed by atoms with van der Waals surface area (Å²) < 4.78 is 5.35. The van der Waals surface area contributed by atoms with Gasteiger partial charge in [0.2, 0.25) is 5.91 Å². The molecule has 0 radical (unpaired) electrons. The van der Waals surface area contributed by atoms with Crippen LogP contribution in [-0.2, 0) is 4.79 Å². The van der Waals surface area contributed by atoms with E-state index in [-0.39, 0.29) is 11.2 Å². The molecule has 2 N–H and O–H groups in total. The van der Waals surface area contributed by atoms with E-state index in [0.29, 0.717) is 11.6 Å². The maximum Gasteiger partial charge on any atom is 0.230 e. The first-order chi connectivity index (χ1) is 10.1. The lowest BCUT2D eigenvalue weighted by atomic mass is 10.2. The van der Waals surface area contributed by atoms with Gasteiger partial charge in [-0.15, -0.1) is 0 Å². The third-order valence-corrected chi connectivity index (χ3v) is 4.12. The first kappa shape index (κ1) is 13.6. The van der Waals surface area contributed by atoms with Crippen molar-refractivity contribution in [3.63, 3.8) is 0 Å². The van der Waals surface area contributed by atoms with Crippen LogP contribution in [0.4, 0.5) is 0 Å². The smallest absolute Gasteiger partial charge is 0.230 e. The molecule has 1 aromatic carbocycles. The van der Waals surface area contributed by atoms with Crippen LogP contribution in [0.25, 0.3) is 22.5 Å². The molecule has 5 nitrogen and oxygen atoms in total. The molecule has 2 heterocycles. The second-order valence-corrected chi connectivity index (χ2v) is 5.84. The molecule has 3 rings (SSSR count). The molecule has 0 fully saturated rings. The SMILES string of the molecule is CC(Sc1nc(-c2ccco2)nc2ccccc12)C(N)=O. The Morgan fingerprint density at radius 3 is 2.76 bits per heavy atom. The maximum absolute atomic E-state index is 11.3. The van der Waals surface area contributed by atoms with Gasteiger partial charge in [-0.2, -0.15) is 0 Å². The predicted molar refractivity (Wildman–Crippen MR) is 81.8 cm³/mol. The van der Waals surface area contributed by atoms with Crippen LogP contribution in [0, 0.1) is 0 Å².